The maximum Gasteiger partial charge on any atom is 1.00 e. The first kappa shape index (κ1) is 14.0. The zero-order valence-electron chi connectivity index (χ0n) is 11.1. The van der Waals surface area contributed by atoms with Crippen LogP contribution in [0.25, 0.3) is 0 Å². The van der Waals surface area contributed by atoms with Crippen LogP contribution in [0.1, 0.15) is 18.3 Å². The number of rotatable bonds is 3. The third-order valence-electron chi connectivity index (χ3n) is 2.78. The number of nitrogens with one attached hydrogen (secondary N) is 1. The Kier molecular flexibility index (Phi) is 4.94. The number of hydrogen-bond acceptors (Lipinski definition) is 5. The van der Waals surface area contributed by atoms with Crippen LogP contribution in [-0.2, 0) is 0 Å². The van der Waals surface area contributed by atoms with Crippen LogP contribution in [0, 0.1) is 0 Å². The predicted octanol–water partition coefficient (Wildman–Crippen LogP) is -2.91. The van der Waals surface area contributed by atoms with Gasteiger partial charge in [-0.3, -0.25) is 0 Å². The normalized spacial score (nSPS) is 18.9. The fourth-order valence-corrected chi connectivity index (χ4v) is 1.80. The summed E-state index contributed by atoms with van der Waals surface area (Å²) >= 11 is 0. The number of aromatic nitrogens is 2. The summed E-state index contributed by atoms with van der Waals surface area (Å²) in [7, 11) is 1.94. The van der Waals surface area contributed by atoms with Crippen molar-refractivity contribution in [3.63, 3.8) is 0 Å². The summed E-state index contributed by atoms with van der Waals surface area (Å²) < 4.78 is 0. The van der Waals surface area contributed by atoms with Gasteiger partial charge in [-0.15, -0.1) is 0 Å². The minimum Gasteiger partial charge on any atom is -1.00 e. The quantitative estimate of drug-likeness (QED) is 0.542. The molecule has 17 heavy (non-hydrogen) atoms. The Balaban J connectivity index is 0.00000144. The molecule has 0 amide bonds. The molecule has 1 aliphatic rings. The van der Waals surface area contributed by atoms with E-state index in [9.17, 15) is 4.79 Å². The van der Waals surface area contributed by atoms with Gasteiger partial charge >= 0.3 is 24.8 Å². The van der Waals surface area contributed by atoms with E-state index in [1.165, 1.54) is 12.4 Å². The number of nitrogens with zero attached hydrogens (tertiary/aromatic N) is 3. The Morgan fingerprint density at radius 2 is 2.35 bits per heavy atom. The zero-order valence-corrected chi connectivity index (χ0v) is 10.1. The van der Waals surface area contributed by atoms with Gasteiger partial charge in [0, 0.05) is 19.1 Å². The van der Waals surface area contributed by atoms with E-state index >= 15 is 0 Å². The SMILES string of the molecule is CNC1CCN(c2cnc(C(=O)O)cn2)C1.[H-].[Li+]. The molecule has 1 aliphatic heterocycles. The van der Waals surface area contributed by atoms with Crippen molar-refractivity contribution < 1.29 is 30.2 Å². The average molecular weight is 230 g/mol. The molecule has 1 aromatic heterocycles. The van der Waals surface area contributed by atoms with Crippen molar-refractivity contribution >= 4 is 11.8 Å². The summed E-state index contributed by atoms with van der Waals surface area (Å²) in [4.78, 5) is 20.7. The Labute approximate surface area is 113 Å². The van der Waals surface area contributed by atoms with Crippen LogP contribution in [0.15, 0.2) is 12.4 Å². The number of aromatic carboxylic acids is 1. The van der Waals surface area contributed by atoms with Gasteiger partial charge in [0.15, 0.2) is 5.69 Å². The maximum atomic E-state index is 10.6. The van der Waals surface area contributed by atoms with Crippen LogP contribution in [0.5, 0.6) is 0 Å². The Morgan fingerprint density at radius 1 is 1.59 bits per heavy atom. The van der Waals surface area contributed by atoms with Crippen molar-refractivity contribution in [3.05, 3.63) is 18.1 Å². The Hall–Kier alpha value is -1.09. The molecule has 0 bridgehead atoms. The molecule has 2 rings (SSSR count). The van der Waals surface area contributed by atoms with Crippen LogP contribution < -0.4 is 29.1 Å². The van der Waals surface area contributed by atoms with Gasteiger partial charge in [0.05, 0.1) is 12.4 Å². The van der Waals surface area contributed by atoms with E-state index in [4.69, 9.17) is 5.11 Å². The summed E-state index contributed by atoms with van der Waals surface area (Å²) in [6.07, 6.45) is 3.88. The minimum absolute atomic E-state index is 0. The molecule has 0 aromatic carbocycles. The second-order valence-electron chi connectivity index (χ2n) is 3.79. The second kappa shape index (κ2) is 6.01. The summed E-state index contributed by atoms with van der Waals surface area (Å²) in [6.45, 7) is 1.81. The molecule has 1 unspecified atom stereocenters. The number of hydrogen-bond donors (Lipinski definition) is 2. The van der Waals surface area contributed by atoms with E-state index in [2.05, 4.69) is 20.2 Å². The molecule has 0 radical (unpaired) electrons. The average Bonchev–Trinajstić information content (AvgIpc) is 2.77. The number of anilines is 1. The van der Waals surface area contributed by atoms with E-state index in [0.717, 1.165) is 25.3 Å². The molecule has 0 spiro atoms. The number of carboxylic acids is 1. The third-order valence-corrected chi connectivity index (χ3v) is 2.78. The van der Waals surface area contributed by atoms with Gasteiger partial charge in [-0.25, -0.2) is 14.8 Å². The van der Waals surface area contributed by atoms with Gasteiger partial charge in [-0.1, -0.05) is 0 Å². The van der Waals surface area contributed by atoms with E-state index in [0.29, 0.717) is 6.04 Å². The molecular formula is C10H15LiN4O2. The van der Waals surface area contributed by atoms with Gasteiger partial charge in [0.1, 0.15) is 5.82 Å². The molecule has 7 heteroatoms. The van der Waals surface area contributed by atoms with Crippen molar-refractivity contribution in [3.8, 4) is 0 Å². The van der Waals surface area contributed by atoms with Crippen molar-refractivity contribution in [2.45, 2.75) is 12.5 Å². The molecule has 88 valence electrons. The molecule has 1 atom stereocenters. The van der Waals surface area contributed by atoms with Gasteiger partial charge in [0.25, 0.3) is 0 Å². The molecule has 1 saturated heterocycles. The largest absolute Gasteiger partial charge is 1.00 e. The summed E-state index contributed by atoms with van der Waals surface area (Å²) in [6, 6.07) is 0.473. The van der Waals surface area contributed by atoms with Crippen molar-refractivity contribution in [1.82, 2.24) is 15.3 Å². The smallest absolute Gasteiger partial charge is 1.00 e. The Morgan fingerprint density at radius 3 is 2.82 bits per heavy atom. The number of carboxylic acid groups (broad SMARTS) is 1. The van der Waals surface area contributed by atoms with E-state index in [1.54, 1.807) is 0 Å². The molecular weight excluding hydrogens is 215 g/mol. The van der Waals surface area contributed by atoms with Crippen molar-refractivity contribution in [2.24, 2.45) is 0 Å². The molecule has 1 fully saturated rings. The van der Waals surface area contributed by atoms with Gasteiger partial charge < -0.3 is 16.7 Å². The number of likely N-dealkylation sites (N-methyl/N-ethyl adjacent to an activating group) is 1. The van der Waals surface area contributed by atoms with Gasteiger partial charge in [0.2, 0.25) is 0 Å². The fraction of sp³-hybridized carbons (Fsp3) is 0.500. The van der Waals surface area contributed by atoms with E-state index in [1.807, 2.05) is 7.05 Å². The van der Waals surface area contributed by atoms with Crippen molar-refractivity contribution in [1.29, 1.82) is 0 Å². The minimum atomic E-state index is -1.05. The summed E-state index contributed by atoms with van der Waals surface area (Å²) in [5.74, 6) is -0.309. The van der Waals surface area contributed by atoms with Crippen LogP contribution >= 0.6 is 0 Å². The molecule has 6 nitrogen and oxygen atoms in total. The van der Waals surface area contributed by atoms with E-state index < -0.39 is 5.97 Å². The third kappa shape index (κ3) is 3.19. The first-order valence-electron chi connectivity index (χ1n) is 5.18. The standard InChI is InChI=1S/C10H14N4O2.Li.H/c1-11-7-2-3-14(6-7)9-5-12-8(4-13-9)10(15)16;;/h4-5,7,11H,2-3,6H2,1H3,(H,15,16);;/q;+1;-1. The Bertz CT molecular complexity index is 390. The predicted molar refractivity (Wildman–Crippen MR) is 59.8 cm³/mol. The van der Waals surface area contributed by atoms with Gasteiger partial charge in [-0.05, 0) is 13.5 Å². The van der Waals surface area contributed by atoms with Crippen LogP contribution in [0.2, 0.25) is 0 Å². The molecule has 2 heterocycles. The topological polar surface area (TPSA) is 78.4 Å². The first-order chi connectivity index (χ1) is 7.70. The number of carbonyl (C=O) groups is 1. The van der Waals surface area contributed by atoms with Gasteiger partial charge in [-0.2, -0.15) is 0 Å². The van der Waals surface area contributed by atoms with Crippen molar-refractivity contribution in [2.75, 3.05) is 25.0 Å². The monoisotopic (exact) mass is 230 g/mol. The maximum absolute atomic E-state index is 10.6. The van der Waals surface area contributed by atoms with Crippen LogP contribution in [-0.4, -0.2) is 47.2 Å². The van der Waals surface area contributed by atoms with Crippen LogP contribution in [0.4, 0.5) is 5.82 Å². The molecule has 2 N–H and O–H groups in total. The van der Waals surface area contributed by atoms with Crippen LogP contribution in [0.3, 0.4) is 0 Å². The first-order valence-corrected chi connectivity index (χ1v) is 5.18. The fourth-order valence-electron chi connectivity index (χ4n) is 1.80. The molecule has 0 aliphatic carbocycles. The zero-order chi connectivity index (χ0) is 11.5. The second-order valence-corrected chi connectivity index (χ2v) is 3.79. The summed E-state index contributed by atoms with van der Waals surface area (Å²) in [5, 5.41) is 11.9. The molecule has 0 saturated carbocycles. The summed E-state index contributed by atoms with van der Waals surface area (Å²) in [5.41, 5.74) is -0.0203. The molecule has 1 aromatic rings. The van der Waals surface area contributed by atoms with E-state index in [-0.39, 0.29) is 26.0 Å².